The molecule has 4 aromatic rings. The Morgan fingerprint density at radius 1 is 1.24 bits per heavy atom. The maximum absolute atomic E-state index is 13.2. The number of rotatable bonds is 5. The quantitative estimate of drug-likeness (QED) is 0.539. The Balaban J connectivity index is 1.43. The van der Waals surface area contributed by atoms with Crippen molar-refractivity contribution in [3.63, 3.8) is 0 Å². The van der Waals surface area contributed by atoms with Crippen LogP contribution in [0.1, 0.15) is 28.0 Å². The molecule has 1 N–H and O–H groups in total. The van der Waals surface area contributed by atoms with Crippen LogP contribution in [-0.4, -0.2) is 26.7 Å². The number of nitrogens with zero attached hydrogens (tertiary/aromatic N) is 3. The van der Waals surface area contributed by atoms with Crippen LogP contribution in [0.3, 0.4) is 0 Å². The minimum Gasteiger partial charge on any atom is -0.349 e. The highest BCUT2D eigenvalue weighted by molar-refractivity contribution is 7.13. The fourth-order valence-corrected chi connectivity index (χ4v) is 4.67. The highest BCUT2D eigenvalue weighted by Gasteiger charge is 2.38. The first kappa shape index (κ1) is 18.1. The van der Waals surface area contributed by atoms with Crippen molar-refractivity contribution in [3.05, 3.63) is 70.7 Å². The van der Waals surface area contributed by atoms with E-state index in [1.165, 1.54) is 5.56 Å². The first-order valence-corrected chi connectivity index (χ1v) is 10.7. The number of benzene rings is 1. The third-order valence-electron chi connectivity index (χ3n) is 5.57. The molecule has 29 heavy (non-hydrogen) atoms. The molecule has 1 aliphatic carbocycles. The van der Waals surface area contributed by atoms with Crippen LogP contribution in [0.25, 0.3) is 21.6 Å². The van der Waals surface area contributed by atoms with Crippen molar-refractivity contribution in [2.24, 2.45) is 13.0 Å². The van der Waals surface area contributed by atoms with E-state index in [9.17, 15) is 4.79 Å². The lowest BCUT2D eigenvalue weighted by atomic mass is 10.1. The third-order valence-corrected chi connectivity index (χ3v) is 6.46. The molecular weight excluding hydrogens is 380 g/mol. The van der Waals surface area contributed by atoms with Gasteiger partial charge < -0.3 is 5.32 Å². The Hall–Kier alpha value is -2.99. The maximum atomic E-state index is 13.2. The van der Waals surface area contributed by atoms with Gasteiger partial charge in [-0.15, -0.1) is 11.3 Å². The Labute approximate surface area is 173 Å². The fraction of sp³-hybridized carbons (Fsp3) is 0.261. The van der Waals surface area contributed by atoms with Crippen LogP contribution >= 0.6 is 11.3 Å². The average molecular weight is 403 g/mol. The molecule has 5 nitrogen and oxygen atoms in total. The van der Waals surface area contributed by atoms with Crippen LogP contribution in [0.4, 0.5) is 0 Å². The highest BCUT2D eigenvalue weighted by Crippen LogP contribution is 2.35. The van der Waals surface area contributed by atoms with Gasteiger partial charge in [-0.25, -0.2) is 4.98 Å². The Bertz CT molecular complexity index is 1180. The number of carbonyl (C=O) groups excluding carboxylic acids is 1. The van der Waals surface area contributed by atoms with E-state index in [1.54, 1.807) is 16.0 Å². The van der Waals surface area contributed by atoms with Gasteiger partial charge in [0.25, 0.3) is 5.91 Å². The number of thiophene rings is 1. The third kappa shape index (κ3) is 3.44. The molecule has 1 aromatic carbocycles. The van der Waals surface area contributed by atoms with Crippen LogP contribution in [0.2, 0.25) is 0 Å². The second-order valence-electron chi connectivity index (χ2n) is 7.71. The summed E-state index contributed by atoms with van der Waals surface area (Å²) in [6.45, 7) is 1.93. The zero-order valence-corrected chi connectivity index (χ0v) is 17.2. The molecule has 1 aliphatic rings. The SMILES string of the molecule is Cc1nn(C)c2nc(-c3cccs3)cc(C(=O)NC3CC3Cc3ccccc3)c12. The monoisotopic (exact) mass is 402 g/mol. The topological polar surface area (TPSA) is 59.8 Å². The normalized spacial score (nSPS) is 18.1. The summed E-state index contributed by atoms with van der Waals surface area (Å²) < 4.78 is 1.76. The lowest BCUT2D eigenvalue weighted by molar-refractivity contribution is 0.0950. The Kier molecular flexibility index (Phi) is 4.43. The van der Waals surface area contributed by atoms with E-state index in [2.05, 4.69) is 34.7 Å². The van der Waals surface area contributed by atoms with Gasteiger partial charge in [0.15, 0.2) is 5.65 Å². The van der Waals surface area contributed by atoms with E-state index in [1.807, 2.05) is 43.6 Å². The molecule has 2 atom stereocenters. The van der Waals surface area contributed by atoms with E-state index < -0.39 is 0 Å². The van der Waals surface area contributed by atoms with Gasteiger partial charge in [0, 0.05) is 13.1 Å². The van der Waals surface area contributed by atoms with Gasteiger partial charge in [0.1, 0.15) is 0 Å². The molecule has 0 bridgehead atoms. The van der Waals surface area contributed by atoms with Gasteiger partial charge in [-0.1, -0.05) is 36.4 Å². The number of aromatic nitrogens is 3. The lowest BCUT2D eigenvalue weighted by Crippen LogP contribution is -2.27. The smallest absolute Gasteiger partial charge is 0.252 e. The van der Waals surface area contributed by atoms with Crippen molar-refractivity contribution in [2.75, 3.05) is 0 Å². The fourth-order valence-electron chi connectivity index (χ4n) is 3.99. The van der Waals surface area contributed by atoms with Crippen LogP contribution in [0.5, 0.6) is 0 Å². The first-order valence-electron chi connectivity index (χ1n) is 9.83. The number of aryl methyl sites for hydroxylation is 2. The molecule has 6 heteroatoms. The lowest BCUT2D eigenvalue weighted by Gasteiger charge is -2.09. The van der Waals surface area contributed by atoms with Gasteiger partial charge in [0.05, 0.1) is 27.2 Å². The zero-order valence-electron chi connectivity index (χ0n) is 16.4. The Morgan fingerprint density at radius 3 is 2.83 bits per heavy atom. The summed E-state index contributed by atoms with van der Waals surface area (Å²) in [6.07, 6.45) is 2.03. The molecule has 5 rings (SSSR count). The van der Waals surface area contributed by atoms with Crippen molar-refractivity contribution >= 4 is 28.3 Å². The predicted octanol–water partition coefficient (Wildman–Crippen LogP) is 4.37. The molecule has 146 valence electrons. The molecule has 1 fully saturated rings. The molecular formula is C23H22N4OS. The number of carbonyl (C=O) groups is 1. The van der Waals surface area contributed by atoms with E-state index in [-0.39, 0.29) is 11.9 Å². The molecule has 0 saturated heterocycles. The summed E-state index contributed by atoms with van der Waals surface area (Å²) in [7, 11) is 1.87. The van der Waals surface area contributed by atoms with Gasteiger partial charge >= 0.3 is 0 Å². The van der Waals surface area contributed by atoms with Crippen LogP contribution < -0.4 is 5.32 Å². The first-order chi connectivity index (χ1) is 14.1. The van der Waals surface area contributed by atoms with E-state index in [0.717, 1.165) is 40.1 Å². The van der Waals surface area contributed by atoms with Crippen molar-refractivity contribution in [1.29, 1.82) is 0 Å². The molecule has 2 unspecified atom stereocenters. The standard InChI is InChI=1S/C23H22N4OS/c1-14-21-17(13-19(20-9-6-10-29-20)24-22(21)27(2)26-14)23(28)25-18-12-16(18)11-15-7-4-3-5-8-15/h3-10,13,16,18H,11-12H2,1-2H3,(H,25,28). The molecule has 3 heterocycles. The van der Waals surface area contributed by atoms with Crippen molar-refractivity contribution in [1.82, 2.24) is 20.1 Å². The summed E-state index contributed by atoms with van der Waals surface area (Å²) >= 11 is 1.62. The molecule has 0 spiro atoms. The van der Waals surface area contributed by atoms with E-state index >= 15 is 0 Å². The van der Waals surface area contributed by atoms with Gasteiger partial charge in [-0.2, -0.15) is 5.10 Å². The second-order valence-corrected chi connectivity index (χ2v) is 8.65. The minimum atomic E-state index is -0.0353. The Morgan fingerprint density at radius 2 is 2.07 bits per heavy atom. The van der Waals surface area contributed by atoms with E-state index in [4.69, 9.17) is 4.98 Å². The average Bonchev–Trinajstić information content (AvgIpc) is 3.12. The molecule has 0 aliphatic heterocycles. The molecule has 1 amide bonds. The maximum Gasteiger partial charge on any atom is 0.252 e. The van der Waals surface area contributed by atoms with Crippen LogP contribution in [0, 0.1) is 12.8 Å². The van der Waals surface area contributed by atoms with Crippen LogP contribution in [-0.2, 0) is 13.5 Å². The summed E-state index contributed by atoms with van der Waals surface area (Å²) in [5, 5.41) is 10.6. The molecule has 0 radical (unpaired) electrons. The van der Waals surface area contributed by atoms with Gasteiger partial charge in [-0.05, 0) is 48.8 Å². The number of amides is 1. The summed E-state index contributed by atoms with van der Waals surface area (Å²) in [5.41, 5.74) is 4.37. The van der Waals surface area contributed by atoms with Crippen molar-refractivity contribution in [3.8, 4) is 10.6 Å². The number of fused-ring (bicyclic) bond motifs is 1. The van der Waals surface area contributed by atoms with Gasteiger partial charge in [0.2, 0.25) is 0 Å². The number of hydrogen-bond acceptors (Lipinski definition) is 4. The highest BCUT2D eigenvalue weighted by atomic mass is 32.1. The van der Waals surface area contributed by atoms with Gasteiger partial charge in [-0.3, -0.25) is 9.48 Å². The molecule has 1 saturated carbocycles. The summed E-state index contributed by atoms with van der Waals surface area (Å²) in [6, 6.07) is 16.6. The predicted molar refractivity (Wildman–Crippen MR) is 116 cm³/mol. The number of pyridine rings is 1. The number of nitrogens with one attached hydrogen (secondary N) is 1. The van der Waals surface area contributed by atoms with Crippen molar-refractivity contribution in [2.45, 2.75) is 25.8 Å². The largest absolute Gasteiger partial charge is 0.349 e. The zero-order chi connectivity index (χ0) is 20.0. The van der Waals surface area contributed by atoms with Crippen LogP contribution in [0.15, 0.2) is 53.9 Å². The number of hydrogen-bond donors (Lipinski definition) is 1. The second kappa shape index (κ2) is 7.12. The van der Waals surface area contributed by atoms with Crippen molar-refractivity contribution < 1.29 is 4.79 Å². The minimum absolute atomic E-state index is 0.0353. The summed E-state index contributed by atoms with van der Waals surface area (Å²) in [5.74, 6) is 0.470. The summed E-state index contributed by atoms with van der Waals surface area (Å²) in [4.78, 5) is 19.0. The molecule has 3 aromatic heterocycles. The van der Waals surface area contributed by atoms with E-state index in [0.29, 0.717) is 11.5 Å².